The fourth-order valence-electron chi connectivity index (χ4n) is 3.12. The molecule has 0 fully saturated rings. The fraction of sp³-hybridized carbons (Fsp3) is 0.136. The summed E-state index contributed by atoms with van der Waals surface area (Å²) >= 11 is 1.20. The fourth-order valence-corrected chi connectivity index (χ4v) is 3.76. The number of carbonyl (C=O) groups is 1. The lowest BCUT2D eigenvalue weighted by Gasteiger charge is -2.18. The molecule has 0 saturated carbocycles. The molecule has 0 unspecified atom stereocenters. The van der Waals surface area contributed by atoms with Crippen molar-refractivity contribution in [3.05, 3.63) is 93.1 Å². The number of benzene rings is 1. The van der Waals surface area contributed by atoms with Crippen LogP contribution in [0.4, 0.5) is 10.8 Å². The van der Waals surface area contributed by atoms with Crippen LogP contribution in [-0.2, 0) is 20.7 Å². The maximum atomic E-state index is 11.6. The highest BCUT2D eigenvalue weighted by atomic mass is 32.1. The number of para-hydroxylation sites is 1. The van der Waals surface area contributed by atoms with Crippen molar-refractivity contribution in [3.63, 3.8) is 0 Å². The van der Waals surface area contributed by atoms with Crippen LogP contribution < -0.4 is 5.43 Å². The van der Waals surface area contributed by atoms with Crippen molar-refractivity contribution in [2.24, 2.45) is 5.10 Å². The number of hydrazone groups is 1. The number of allylic oxidation sites excluding steroid dienone is 4. The van der Waals surface area contributed by atoms with Crippen LogP contribution in [0.2, 0.25) is 0 Å². The van der Waals surface area contributed by atoms with Crippen LogP contribution in [0.3, 0.4) is 0 Å². The van der Waals surface area contributed by atoms with E-state index in [4.69, 9.17) is 9.47 Å². The first-order valence-electron chi connectivity index (χ1n) is 9.85. The van der Waals surface area contributed by atoms with E-state index in [1.807, 2.05) is 12.2 Å². The molecule has 10 nitrogen and oxygen atoms in total. The number of nitro benzene ring substituents is 1. The molecule has 2 heterocycles. The molecule has 2 aliphatic rings. The van der Waals surface area contributed by atoms with Gasteiger partial charge in [-0.2, -0.15) is 5.10 Å². The van der Waals surface area contributed by atoms with Crippen molar-refractivity contribution in [2.45, 2.75) is 19.3 Å². The Labute approximate surface area is 192 Å². The van der Waals surface area contributed by atoms with Crippen LogP contribution in [0.1, 0.15) is 24.1 Å². The molecule has 2 N–H and O–H groups in total. The first kappa shape index (κ1) is 22.0. The number of carboxylic acid groups (broad SMARTS) is 1. The SMILES string of the molecule is O=C(O)C(Cc1ccccc1[N+](=O)[O-])=NNc1nc(C2=COC=C(C3=CC=CCC3)O2)cs1. The Kier molecular flexibility index (Phi) is 6.60. The molecule has 1 aromatic heterocycles. The maximum Gasteiger partial charge on any atom is 0.352 e. The lowest BCUT2D eigenvalue weighted by molar-refractivity contribution is -0.385. The number of ether oxygens (including phenoxy) is 2. The minimum atomic E-state index is -1.30. The largest absolute Gasteiger partial charge is 0.477 e. The highest BCUT2D eigenvalue weighted by Crippen LogP contribution is 2.31. The number of thiazole rings is 1. The number of rotatable bonds is 8. The summed E-state index contributed by atoms with van der Waals surface area (Å²) in [4.78, 5) is 26.6. The third-order valence-corrected chi connectivity index (χ3v) is 5.48. The molecule has 0 atom stereocenters. The summed E-state index contributed by atoms with van der Waals surface area (Å²) in [6.07, 6.45) is 10.5. The number of aromatic nitrogens is 1. The van der Waals surface area contributed by atoms with Crippen LogP contribution in [0, 0.1) is 10.1 Å². The van der Waals surface area contributed by atoms with Crippen molar-refractivity contribution >= 4 is 39.6 Å². The predicted molar refractivity (Wildman–Crippen MR) is 122 cm³/mol. The van der Waals surface area contributed by atoms with Gasteiger partial charge < -0.3 is 14.6 Å². The molecule has 1 aliphatic carbocycles. The van der Waals surface area contributed by atoms with Gasteiger partial charge in [0.1, 0.15) is 23.9 Å². The number of carboxylic acids is 1. The van der Waals surface area contributed by atoms with Gasteiger partial charge in [-0.05, 0) is 18.4 Å². The monoisotopic (exact) mass is 466 g/mol. The van der Waals surface area contributed by atoms with E-state index in [1.165, 1.54) is 42.1 Å². The van der Waals surface area contributed by atoms with E-state index in [0.29, 0.717) is 22.3 Å². The second kappa shape index (κ2) is 9.92. The second-order valence-electron chi connectivity index (χ2n) is 6.94. The van der Waals surface area contributed by atoms with Crippen molar-refractivity contribution in [2.75, 3.05) is 5.43 Å². The Hall–Kier alpha value is -4.25. The van der Waals surface area contributed by atoms with Crippen molar-refractivity contribution in [1.82, 2.24) is 4.98 Å². The smallest absolute Gasteiger partial charge is 0.352 e. The molecule has 0 radical (unpaired) electrons. The molecular formula is C22H18N4O6S. The molecule has 0 amide bonds. The second-order valence-corrected chi connectivity index (χ2v) is 7.80. The summed E-state index contributed by atoms with van der Waals surface area (Å²) in [6, 6.07) is 5.93. The van der Waals surface area contributed by atoms with Gasteiger partial charge in [0.25, 0.3) is 5.69 Å². The molecule has 0 spiro atoms. The Morgan fingerprint density at radius 2 is 2.12 bits per heavy atom. The minimum Gasteiger partial charge on any atom is -0.477 e. The maximum absolute atomic E-state index is 11.6. The molecule has 0 bridgehead atoms. The molecule has 11 heteroatoms. The van der Waals surface area contributed by atoms with Crippen LogP contribution >= 0.6 is 11.3 Å². The molecule has 168 valence electrons. The lowest BCUT2D eigenvalue weighted by Crippen LogP contribution is -2.18. The summed E-state index contributed by atoms with van der Waals surface area (Å²) < 4.78 is 11.3. The number of hydrogen-bond donors (Lipinski definition) is 2. The van der Waals surface area contributed by atoms with Crippen molar-refractivity contribution in [1.29, 1.82) is 0 Å². The third-order valence-electron chi connectivity index (χ3n) is 4.74. The first-order chi connectivity index (χ1) is 16.0. The quantitative estimate of drug-likeness (QED) is 0.327. The van der Waals surface area contributed by atoms with E-state index >= 15 is 0 Å². The van der Waals surface area contributed by atoms with Gasteiger partial charge in [0.05, 0.1) is 4.92 Å². The van der Waals surface area contributed by atoms with Crippen LogP contribution in [0.25, 0.3) is 5.76 Å². The van der Waals surface area contributed by atoms with E-state index in [9.17, 15) is 20.0 Å². The Balaban J connectivity index is 1.46. The summed E-state index contributed by atoms with van der Waals surface area (Å²) in [5.74, 6) is -0.279. The zero-order valence-electron chi connectivity index (χ0n) is 17.1. The number of anilines is 1. The molecule has 1 aliphatic heterocycles. The van der Waals surface area contributed by atoms with Gasteiger partial charge in [-0.1, -0.05) is 36.4 Å². The van der Waals surface area contributed by atoms with Crippen LogP contribution in [0.5, 0.6) is 0 Å². The highest BCUT2D eigenvalue weighted by Gasteiger charge is 2.20. The van der Waals surface area contributed by atoms with E-state index in [2.05, 4.69) is 21.6 Å². The number of hydrogen-bond acceptors (Lipinski definition) is 9. The number of nitrogens with zero attached hydrogens (tertiary/aromatic N) is 3. The van der Waals surface area contributed by atoms with Crippen LogP contribution in [0.15, 0.2) is 76.8 Å². The van der Waals surface area contributed by atoms with Gasteiger partial charge in [0.15, 0.2) is 11.5 Å². The predicted octanol–water partition coefficient (Wildman–Crippen LogP) is 4.61. The van der Waals surface area contributed by atoms with Gasteiger partial charge in [0, 0.05) is 23.4 Å². The van der Waals surface area contributed by atoms with Crippen molar-refractivity contribution < 1.29 is 24.3 Å². The van der Waals surface area contributed by atoms with Crippen molar-refractivity contribution in [3.8, 4) is 0 Å². The molecule has 1 aromatic carbocycles. The summed E-state index contributed by atoms with van der Waals surface area (Å²) in [6.45, 7) is 0. The van der Waals surface area contributed by atoms with Gasteiger partial charge in [-0.3, -0.25) is 15.5 Å². The number of nitro groups is 1. The lowest BCUT2D eigenvalue weighted by atomic mass is 10.0. The summed E-state index contributed by atoms with van der Waals surface area (Å²) in [5.41, 5.74) is 3.91. The average Bonchev–Trinajstić information content (AvgIpc) is 3.31. The van der Waals surface area contributed by atoms with E-state index in [1.54, 1.807) is 11.4 Å². The molecule has 4 rings (SSSR count). The zero-order chi connectivity index (χ0) is 23.2. The minimum absolute atomic E-state index is 0.170. The van der Waals surface area contributed by atoms with Gasteiger partial charge in [0.2, 0.25) is 5.13 Å². The summed E-state index contributed by atoms with van der Waals surface area (Å²) in [5, 5.41) is 26.6. The number of aliphatic carboxylic acids is 1. The Morgan fingerprint density at radius 3 is 2.88 bits per heavy atom. The average molecular weight is 466 g/mol. The van der Waals surface area contributed by atoms with Gasteiger partial charge in [-0.15, -0.1) is 11.3 Å². The highest BCUT2D eigenvalue weighted by molar-refractivity contribution is 7.13. The first-order valence-corrected chi connectivity index (χ1v) is 10.7. The van der Waals surface area contributed by atoms with E-state index in [-0.39, 0.29) is 23.4 Å². The van der Waals surface area contributed by atoms with Crippen LogP contribution in [-0.4, -0.2) is 26.7 Å². The molecular weight excluding hydrogens is 448 g/mol. The van der Waals surface area contributed by atoms with Gasteiger partial charge >= 0.3 is 5.97 Å². The zero-order valence-corrected chi connectivity index (χ0v) is 17.9. The topological polar surface area (TPSA) is 136 Å². The normalized spacial score (nSPS) is 15.5. The van der Waals surface area contributed by atoms with Gasteiger partial charge in [-0.25, -0.2) is 9.78 Å². The Morgan fingerprint density at radius 1 is 1.30 bits per heavy atom. The molecule has 0 saturated heterocycles. The molecule has 33 heavy (non-hydrogen) atoms. The number of nitrogens with one attached hydrogen (secondary N) is 1. The Bertz CT molecular complexity index is 1240. The van der Waals surface area contributed by atoms with E-state index < -0.39 is 10.9 Å². The summed E-state index contributed by atoms with van der Waals surface area (Å²) in [7, 11) is 0. The standard InChI is InChI=1S/C22H18N4O6S/c27-21(28)16(10-15-8-4-5-9-18(15)26(29)30)24-25-22-23-17(13-33-22)20-12-31-11-19(32-20)14-6-2-1-3-7-14/h1-2,4-6,8-9,11-13H,3,7,10H2,(H,23,25)(H,27,28). The third kappa shape index (κ3) is 5.33. The van der Waals surface area contributed by atoms with E-state index in [0.717, 1.165) is 18.4 Å². The molecule has 2 aromatic rings.